The van der Waals surface area contributed by atoms with E-state index in [4.69, 9.17) is 9.47 Å². The molecule has 0 radical (unpaired) electrons. The van der Waals surface area contributed by atoms with Crippen LogP contribution in [-0.2, 0) is 9.47 Å². The van der Waals surface area contributed by atoms with Gasteiger partial charge in [-0.3, -0.25) is 0 Å². The van der Waals surface area contributed by atoms with Gasteiger partial charge in [-0.05, 0) is 25.5 Å². The average Bonchev–Trinajstić information content (AvgIpc) is 3.20. The third kappa shape index (κ3) is 5.17. The summed E-state index contributed by atoms with van der Waals surface area (Å²) in [6, 6.07) is 10.4. The summed E-state index contributed by atoms with van der Waals surface area (Å²) in [5.41, 5.74) is 0. The Morgan fingerprint density at radius 1 is 1.26 bits per heavy atom. The maximum Gasteiger partial charge on any atom is 0.110 e. The van der Waals surface area contributed by atoms with Crippen LogP contribution in [0.1, 0.15) is 39.5 Å². The molecule has 0 unspecified atom stereocenters. The zero-order valence-electron chi connectivity index (χ0n) is 11.9. The standard InChI is InChI=1S/C16H24O2S/c1-3-4-6-11-15-16(18-15)13(2)17-12-19-14-9-7-5-8-10-14/h5,7-10,13,15-16H,3-4,6,11-12H2,1-2H3/t13-,15-,16+/m0/s1. The molecule has 0 bridgehead atoms. The van der Waals surface area contributed by atoms with Crippen molar-refractivity contribution in [2.24, 2.45) is 0 Å². The Labute approximate surface area is 120 Å². The summed E-state index contributed by atoms with van der Waals surface area (Å²) in [6.07, 6.45) is 6.05. The molecule has 1 aromatic rings. The van der Waals surface area contributed by atoms with Crippen molar-refractivity contribution in [3.8, 4) is 0 Å². The molecule has 0 saturated carbocycles. The second kappa shape index (κ2) is 7.93. The van der Waals surface area contributed by atoms with Crippen molar-refractivity contribution in [3.05, 3.63) is 30.3 Å². The van der Waals surface area contributed by atoms with Gasteiger partial charge in [0, 0.05) is 4.90 Å². The Bertz CT molecular complexity index is 355. The SMILES string of the molecule is CCCCC[C@@H]1O[C@@H]1[C@H](C)OCSc1ccccc1. The van der Waals surface area contributed by atoms with Crippen molar-refractivity contribution in [2.45, 2.75) is 62.7 Å². The Morgan fingerprint density at radius 3 is 2.79 bits per heavy atom. The number of thioether (sulfide) groups is 1. The number of unbranched alkanes of at least 4 members (excludes halogenated alkanes) is 2. The first-order chi connectivity index (χ1) is 9.31. The van der Waals surface area contributed by atoms with Gasteiger partial charge in [0.25, 0.3) is 0 Å². The van der Waals surface area contributed by atoms with Crippen LogP contribution < -0.4 is 0 Å². The van der Waals surface area contributed by atoms with Gasteiger partial charge in [0.1, 0.15) is 6.10 Å². The van der Waals surface area contributed by atoms with Gasteiger partial charge in [0.05, 0.1) is 18.1 Å². The molecule has 1 aliphatic rings. The minimum Gasteiger partial charge on any atom is -0.367 e. The highest BCUT2D eigenvalue weighted by molar-refractivity contribution is 7.99. The van der Waals surface area contributed by atoms with Crippen LogP contribution in [0.15, 0.2) is 35.2 Å². The quantitative estimate of drug-likeness (QED) is 0.288. The van der Waals surface area contributed by atoms with Crippen molar-refractivity contribution < 1.29 is 9.47 Å². The highest BCUT2D eigenvalue weighted by Gasteiger charge is 2.42. The first-order valence-electron chi connectivity index (χ1n) is 7.26. The molecule has 0 amide bonds. The highest BCUT2D eigenvalue weighted by atomic mass is 32.2. The lowest BCUT2D eigenvalue weighted by Crippen LogP contribution is -2.17. The number of epoxide rings is 1. The molecular weight excluding hydrogens is 256 g/mol. The van der Waals surface area contributed by atoms with E-state index >= 15 is 0 Å². The Balaban J connectivity index is 1.57. The predicted octanol–water partition coefficient (Wildman–Crippen LogP) is 4.49. The molecule has 3 atom stereocenters. The molecule has 1 fully saturated rings. The van der Waals surface area contributed by atoms with Crippen LogP contribution in [0.25, 0.3) is 0 Å². The minimum atomic E-state index is 0.211. The van der Waals surface area contributed by atoms with Crippen LogP contribution in [0.3, 0.4) is 0 Å². The fourth-order valence-corrected chi connectivity index (χ4v) is 2.99. The maximum absolute atomic E-state index is 5.84. The summed E-state index contributed by atoms with van der Waals surface area (Å²) in [5.74, 6) is 0.701. The number of hydrogen-bond donors (Lipinski definition) is 0. The van der Waals surface area contributed by atoms with Crippen molar-refractivity contribution in [2.75, 3.05) is 5.94 Å². The van der Waals surface area contributed by atoms with Gasteiger partial charge in [-0.2, -0.15) is 0 Å². The molecule has 1 aliphatic heterocycles. The molecule has 106 valence electrons. The van der Waals surface area contributed by atoms with Crippen LogP contribution in [0.5, 0.6) is 0 Å². The lowest BCUT2D eigenvalue weighted by Gasteiger charge is -2.10. The summed E-state index contributed by atoms with van der Waals surface area (Å²) in [6.45, 7) is 4.35. The summed E-state index contributed by atoms with van der Waals surface area (Å²) in [7, 11) is 0. The zero-order valence-corrected chi connectivity index (χ0v) is 12.7. The van der Waals surface area contributed by atoms with E-state index in [1.165, 1.54) is 30.6 Å². The van der Waals surface area contributed by atoms with Crippen LogP contribution in [0.2, 0.25) is 0 Å². The van der Waals surface area contributed by atoms with Crippen LogP contribution >= 0.6 is 11.8 Å². The summed E-state index contributed by atoms with van der Waals surface area (Å²) in [5, 5.41) is 0. The highest BCUT2D eigenvalue weighted by Crippen LogP contribution is 2.32. The van der Waals surface area contributed by atoms with E-state index in [0.717, 1.165) is 0 Å². The largest absolute Gasteiger partial charge is 0.367 e. The van der Waals surface area contributed by atoms with E-state index in [2.05, 4.69) is 38.1 Å². The van der Waals surface area contributed by atoms with E-state index in [0.29, 0.717) is 18.1 Å². The fourth-order valence-electron chi connectivity index (χ4n) is 2.22. The van der Waals surface area contributed by atoms with Crippen molar-refractivity contribution >= 4 is 11.8 Å². The molecule has 0 aromatic heterocycles. The van der Waals surface area contributed by atoms with Crippen molar-refractivity contribution in [1.82, 2.24) is 0 Å². The Morgan fingerprint density at radius 2 is 2.05 bits per heavy atom. The molecule has 3 heteroatoms. The van der Waals surface area contributed by atoms with Gasteiger partial charge in [-0.1, -0.05) is 56.1 Å². The van der Waals surface area contributed by atoms with E-state index in [-0.39, 0.29) is 6.10 Å². The fraction of sp³-hybridized carbons (Fsp3) is 0.625. The summed E-state index contributed by atoms with van der Waals surface area (Å²) < 4.78 is 11.5. The Hall–Kier alpha value is -0.510. The third-order valence-corrected chi connectivity index (χ3v) is 4.34. The van der Waals surface area contributed by atoms with E-state index in [1.807, 2.05) is 6.07 Å². The topological polar surface area (TPSA) is 21.8 Å². The number of hydrogen-bond acceptors (Lipinski definition) is 3. The molecular formula is C16H24O2S. The Kier molecular flexibility index (Phi) is 6.21. The third-order valence-electron chi connectivity index (χ3n) is 3.48. The van der Waals surface area contributed by atoms with Gasteiger partial charge in [0.15, 0.2) is 0 Å². The van der Waals surface area contributed by atoms with Gasteiger partial charge in [-0.25, -0.2) is 0 Å². The molecule has 19 heavy (non-hydrogen) atoms. The first kappa shape index (κ1) is 14.9. The lowest BCUT2D eigenvalue weighted by atomic mass is 10.1. The molecule has 0 spiro atoms. The molecule has 0 N–H and O–H groups in total. The smallest absolute Gasteiger partial charge is 0.110 e. The number of ether oxygens (including phenoxy) is 2. The second-order valence-electron chi connectivity index (χ2n) is 5.08. The normalized spacial score (nSPS) is 23.3. The summed E-state index contributed by atoms with van der Waals surface area (Å²) in [4.78, 5) is 1.26. The molecule has 2 nitrogen and oxygen atoms in total. The first-order valence-corrected chi connectivity index (χ1v) is 8.24. The maximum atomic E-state index is 5.84. The number of rotatable bonds is 9. The van der Waals surface area contributed by atoms with Gasteiger partial charge < -0.3 is 9.47 Å². The average molecular weight is 280 g/mol. The van der Waals surface area contributed by atoms with Gasteiger partial charge in [0.2, 0.25) is 0 Å². The van der Waals surface area contributed by atoms with E-state index in [1.54, 1.807) is 11.8 Å². The molecule has 1 saturated heterocycles. The second-order valence-corrected chi connectivity index (χ2v) is 6.08. The predicted molar refractivity (Wildman–Crippen MR) is 80.5 cm³/mol. The minimum absolute atomic E-state index is 0.211. The van der Waals surface area contributed by atoms with Crippen molar-refractivity contribution in [1.29, 1.82) is 0 Å². The van der Waals surface area contributed by atoms with Crippen molar-refractivity contribution in [3.63, 3.8) is 0 Å². The lowest BCUT2D eigenvalue weighted by molar-refractivity contribution is 0.0797. The van der Waals surface area contributed by atoms with Crippen LogP contribution in [0, 0.1) is 0 Å². The molecule has 1 heterocycles. The number of benzene rings is 1. The van der Waals surface area contributed by atoms with E-state index in [9.17, 15) is 0 Å². The molecule has 0 aliphatic carbocycles. The molecule has 2 rings (SSSR count). The van der Waals surface area contributed by atoms with Crippen LogP contribution in [-0.4, -0.2) is 24.3 Å². The van der Waals surface area contributed by atoms with E-state index < -0.39 is 0 Å². The summed E-state index contributed by atoms with van der Waals surface area (Å²) >= 11 is 1.74. The zero-order chi connectivity index (χ0) is 13.5. The van der Waals surface area contributed by atoms with Gasteiger partial charge in [-0.15, -0.1) is 0 Å². The van der Waals surface area contributed by atoms with Crippen LogP contribution in [0.4, 0.5) is 0 Å². The monoisotopic (exact) mass is 280 g/mol. The molecule has 1 aromatic carbocycles. The van der Waals surface area contributed by atoms with Gasteiger partial charge >= 0.3 is 0 Å².